The number of anilines is 2. The minimum Gasteiger partial charge on any atom is -0.497 e. The van der Waals surface area contributed by atoms with Crippen molar-refractivity contribution in [2.75, 3.05) is 24.8 Å². The molecule has 1 amide bonds. The maximum Gasteiger partial charge on any atom is 0.258 e. The van der Waals surface area contributed by atoms with Gasteiger partial charge in [0.25, 0.3) is 5.91 Å². The summed E-state index contributed by atoms with van der Waals surface area (Å²) in [5, 5.41) is 32.6. The SMILES string of the molecule is COc1cccc(C(=O)Nc2nc3c(N)ncnc3n2[C@@H]2O[C@H](CO)[C@@H](O)[C@H]2O)c1. The number of imidazole rings is 1. The molecule has 1 aliphatic heterocycles. The minimum absolute atomic E-state index is 0.0279. The number of aliphatic hydroxyl groups excluding tert-OH is 3. The summed E-state index contributed by atoms with van der Waals surface area (Å²) < 4.78 is 12.0. The van der Waals surface area contributed by atoms with Gasteiger partial charge in [-0.05, 0) is 18.2 Å². The van der Waals surface area contributed by atoms with E-state index < -0.39 is 37.1 Å². The van der Waals surface area contributed by atoms with Crippen molar-refractivity contribution in [1.29, 1.82) is 0 Å². The van der Waals surface area contributed by atoms with Crippen LogP contribution in [-0.4, -0.2) is 72.8 Å². The number of rotatable bonds is 5. The first-order chi connectivity index (χ1) is 14.4. The third kappa shape index (κ3) is 3.31. The number of ether oxygens (including phenoxy) is 2. The average molecular weight is 416 g/mol. The Labute approximate surface area is 169 Å². The number of hydrogen-bond acceptors (Lipinski definition) is 10. The summed E-state index contributed by atoms with van der Waals surface area (Å²) in [4.78, 5) is 25.1. The van der Waals surface area contributed by atoms with Gasteiger partial charge in [-0.25, -0.2) is 15.0 Å². The quantitative estimate of drug-likeness (QED) is 0.356. The Bertz CT molecular complexity index is 1090. The van der Waals surface area contributed by atoms with E-state index in [0.29, 0.717) is 11.3 Å². The molecule has 0 unspecified atom stereocenters. The zero-order valence-corrected chi connectivity index (χ0v) is 15.8. The monoisotopic (exact) mass is 416 g/mol. The summed E-state index contributed by atoms with van der Waals surface area (Å²) in [5.41, 5.74) is 6.54. The molecular formula is C18H20N6O6. The molecule has 0 spiro atoms. The number of carbonyl (C=O) groups is 1. The van der Waals surface area contributed by atoms with E-state index in [2.05, 4.69) is 20.3 Å². The molecule has 0 bridgehead atoms. The molecule has 1 fully saturated rings. The van der Waals surface area contributed by atoms with Gasteiger partial charge >= 0.3 is 0 Å². The molecule has 4 atom stereocenters. The first-order valence-electron chi connectivity index (χ1n) is 9.01. The third-order valence-electron chi connectivity index (χ3n) is 4.83. The number of nitrogens with two attached hydrogens (primary N) is 1. The molecule has 158 valence electrons. The van der Waals surface area contributed by atoms with Crippen LogP contribution in [0, 0.1) is 0 Å². The van der Waals surface area contributed by atoms with E-state index in [0.717, 1.165) is 0 Å². The molecule has 2 aromatic heterocycles. The van der Waals surface area contributed by atoms with Crippen molar-refractivity contribution >= 4 is 28.8 Å². The molecule has 4 rings (SSSR count). The number of aliphatic hydroxyl groups is 3. The van der Waals surface area contributed by atoms with Crippen molar-refractivity contribution in [2.24, 2.45) is 0 Å². The summed E-state index contributed by atoms with van der Waals surface area (Å²) in [7, 11) is 1.49. The summed E-state index contributed by atoms with van der Waals surface area (Å²) in [6.07, 6.45) is -3.77. The molecule has 3 aromatic rings. The van der Waals surface area contributed by atoms with Crippen LogP contribution in [0.1, 0.15) is 16.6 Å². The largest absolute Gasteiger partial charge is 0.497 e. The predicted molar refractivity (Wildman–Crippen MR) is 104 cm³/mol. The molecule has 1 aromatic carbocycles. The van der Waals surface area contributed by atoms with Gasteiger partial charge in [-0.3, -0.25) is 14.7 Å². The summed E-state index contributed by atoms with van der Waals surface area (Å²) in [5.74, 6) is 0.0145. The van der Waals surface area contributed by atoms with Gasteiger partial charge in [-0.2, -0.15) is 0 Å². The molecule has 6 N–H and O–H groups in total. The number of nitrogens with zero attached hydrogens (tertiary/aromatic N) is 4. The van der Waals surface area contributed by atoms with Crippen LogP contribution in [0.5, 0.6) is 5.75 Å². The lowest BCUT2D eigenvalue weighted by atomic mass is 10.1. The van der Waals surface area contributed by atoms with Crippen LogP contribution in [0.15, 0.2) is 30.6 Å². The Morgan fingerprint density at radius 2 is 2.13 bits per heavy atom. The molecule has 0 saturated carbocycles. The highest BCUT2D eigenvalue weighted by Gasteiger charge is 2.45. The van der Waals surface area contributed by atoms with Crippen molar-refractivity contribution in [3.05, 3.63) is 36.2 Å². The number of aromatic nitrogens is 4. The van der Waals surface area contributed by atoms with Crippen molar-refractivity contribution in [3.63, 3.8) is 0 Å². The Hall–Kier alpha value is -3.32. The number of carbonyl (C=O) groups excluding carboxylic acids is 1. The van der Waals surface area contributed by atoms with Gasteiger partial charge in [0.2, 0.25) is 5.95 Å². The number of fused-ring (bicyclic) bond motifs is 1. The average Bonchev–Trinajstić information content (AvgIpc) is 3.26. The summed E-state index contributed by atoms with van der Waals surface area (Å²) in [6, 6.07) is 6.49. The van der Waals surface area contributed by atoms with Gasteiger partial charge in [-0.1, -0.05) is 6.07 Å². The van der Waals surface area contributed by atoms with Gasteiger partial charge in [0.1, 0.15) is 30.4 Å². The number of hydrogen-bond donors (Lipinski definition) is 5. The lowest BCUT2D eigenvalue weighted by molar-refractivity contribution is -0.0501. The fraction of sp³-hybridized carbons (Fsp3) is 0.333. The molecule has 1 aliphatic rings. The second kappa shape index (κ2) is 7.84. The van der Waals surface area contributed by atoms with Crippen LogP contribution in [0.2, 0.25) is 0 Å². The van der Waals surface area contributed by atoms with Crippen LogP contribution in [0.3, 0.4) is 0 Å². The lowest BCUT2D eigenvalue weighted by Gasteiger charge is -2.19. The number of benzene rings is 1. The summed E-state index contributed by atoms with van der Waals surface area (Å²) >= 11 is 0. The Balaban J connectivity index is 1.77. The number of amides is 1. The molecule has 1 saturated heterocycles. The van der Waals surface area contributed by atoms with E-state index in [1.165, 1.54) is 18.0 Å². The van der Waals surface area contributed by atoms with E-state index in [9.17, 15) is 20.1 Å². The Morgan fingerprint density at radius 1 is 1.33 bits per heavy atom. The van der Waals surface area contributed by atoms with Gasteiger partial charge in [-0.15, -0.1) is 0 Å². The number of nitrogen functional groups attached to an aromatic ring is 1. The minimum atomic E-state index is -1.41. The van der Waals surface area contributed by atoms with E-state index in [1.807, 2.05) is 0 Å². The topological polar surface area (TPSA) is 178 Å². The highest BCUT2D eigenvalue weighted by Crippen LogP contribution is 2.35. The molecule has 3 heterocycles. The highest BCUT2D eigenvalue weighted by atomic mass is 16.6. The molecule has 0 radical (unpaired) electrons. The third-order valence-corrected chi connectivity index (χ3v) is 4.83. The van der Waals surface area contributed by atoms with E-state index in [4.69, 9.17) is 15.2 Å². The number of methoxy groups -OCH3 is 1. The first kappa shape index (κ1) is 20.0. The maximum atomic E-state index is 12.8. The molecular weight excluding hydrogens is 396 g/mol. The van der Waals surface area contributed by atoms with Crippen LogP contribution >= 0.6 is 0 Å². The standard InChI is InChI=1S/C18H20N6O6/c1-29-9-4-2-3-8(5-9)16(28)23-18-22-11-14(19)20-7-21-15(11)24(18)17-13(27)12(26)10(6-25)30-17/h2-5,7,10,12-13,17,25-27H,6H2,1H3,(H2,19,20,21)(H,22,23,28)/t10-,12-,13-,17-/m1/s1. The van der Waals surface area contributed by atoms with Crippen molar-refractivity contribution in [3.8, 4) is 5.75 Å². The van der Waals surface area contributed by atoms with Crippen LogP contribution < -0.4 is 15.8 Å². The zero-order chi connectivity index (χ0) is 21.4. The van der Waals surface area contributed by atoms with Crippen LogP contribution in [0.4, 0.5) is 11.8 Å². The lowest BCUT2D eigenvalue weighted by Crippen LogP contribution is -2.33. The van der Waals surface area contributed by atoms with E-state index in [1.54, 1.807) is 24.3 Å². The maximum absolute atomic E-state index is 12.8. The molecule has 12 nitrogen and oxygen atoms in total. The number of nitrogens with one attached hydrogen (secondary N) is 1. The second-order valence-corrected chi connectivity index (χ2v) is 6.65. The van der Waals surface area contributed by atoms with Crippen molar-refractivity contribution in [1.82, 2.24) is 19.5 Å². The second-order valence-electron chi connectivity index (χ2n) is 6.65. The normalized spacial score (nSPS) is 23.6. The van der Waals surface area contributed by atoms with Gasteiger partial charge in [0.15, 0.2) is 23.2 Å². The van der Waals surface area contributed by atoms with E-state index >= 15 is 0 Å². The summed E-state index contributed by atoms with van der Waals surface area (Å²) in [6.45, 7) is -0.510. The van der Waals surface area contributed by atoms with Crippen LogP contribution in [0.25, 0.3) is 11.2 Å². The van der Waals surface area contributed by atoms with Crippen LogP contribution in [-0.2, 0) is 4.74 Å². The Morgan fingerprint density at radius 3 is 2.83 bits per heavy atom. The van der Waals surface area contributed by atoms with Gasteiger partial charge < -0.3 is 30.5 Å². The molecule has 30 heavy (non-hydrogen) atoms. The first-order valence-corrected chi connectivity index (χ1v) is 9.01. The molecule has 12 heteroatoms. The van der Waals surface area contributed by atoms with Crippen molar-refractivity contribution < 1.29 is 29.6 Å². The predicted octanol–water partition coefficient (Wildman–Crippen LogP) is -0.719. The smallest absolute Gasteiger partial charge is 0.258 e. The molecule has 0 aliphatic carbocycles. The van der Waals surface area contributed by atoms with Gasteiger partial charge in [0.05, 0.1) is 13.7 Å². The van der Waals surface area contributed by atoms with E-state index in [-0.39, 0.29) is 22.9 Å². The van der Waals surface area contributed by atoms with Crippen molar-refractivity contribution in [2.45, 2.75) is 24.5 Å². The Kier molecular flexibility index (Phi) is 5.22. The fourth-order valence-corrected chi connectivity index (χ4v) is 3.29. The zero-order valence-electron chi connectivity index (χ0n) is 15.8. The fourth-order valence-electron chi connectivity index (χ4n) is 3.29. The van der Waals surface area contributed by atoms with Gasteiger partial charge in [0, 0.05) is 5.56 Å². The highest BCUT2D eigenvalue weighted by molar-refractivity contribution is 6.04.